The van der Waals surface area contributed by atoms with Gasteiger partial charge in [0.05, 0.1) is 0 Å². The SMILES string of the molecule is CCCCSCCC(=O)N1CCC(CNC)CC1. The average molecular weight is 272 g/mol. The third-order valence-corrected chi connectivity index (χ3v) is 4.63. The summed E-state index contributed by atoms with van der Waals surface area (Å²) in [5.74, 6) is 3.32. The maximum Gasteiger partial charge on any atom is 0.223 e. The summed E-state index contributed by atoms with van der Waals surface area (Å²) in [6, 6.07) is 0. The first kappa shape index (κ1) is 15.8. The molecule has 1 rings (SSSR count). The topological polar surface area (TPSA) is 32.3 Å². The summed E-state index contributed by atoms with van der Waals surface area (Å²) in [5, 5.41) is 3.23. The summed E-state index contributed by atoms with van der Waals surface area (Å²) in [5.41, 5.74) is 0. The van der Waals surface area contributed by atoms with Crippen molar-refractivity contribution in [1.29, 1.82) is 0 Å². The van der Waals surface area contributed by atoms with Crippen molar-refractivity contribution in [1.82, 2.24) is 10.2 Å². The smallest absolute Gasteiger partial charge is 0.223 e. The average Bonchev–Trinajstić information content (AvgIpc) is 2.39. The maximum absolute atomic E-state index is 12.0. The van der Waals surface area contributed by atoms with Crippen LogP contribution in [0.5, 0.6) is 0 Å². The van der Waals surface area contributed by atoms with Crippen LogP contribution in [0.1, 0.15) is 39.0 Å². The van der Waals surface area contributed by atoms with Crippen molar-refractivity contribution in [3.63, 3.8) is 0 Å². The van der Waals surface area contributed by atoms with Crippen molar-refractivity contribution < 1.29 is 4.79 Å². The number of likely N-dealkylation sites (tertiary alicyclic amines) is 1. The highest BCUT2D eigenvalue weighted by molar-refractivity contribution is 7.99. The fourth-order valence-corrected chi connectivity index (χ4v) is 3.36. The fourth-order valence-electron chi connectivity index (χ4n) is 2.34. The zero-order valence-electron chi connectivity index (χ0n) is 11.9. The molecule has 1 N–H and O–H groups in total. The number of nitrogens with zero attached hydrogens (tertiary/aromatic N) is 1. The van der Waals surface area contributed by atoms with E-state index in [0.29, 0.717) is 5.91 Å². The second-order valence-corrected chi connectivity index (χ2v) is 6.32. The molecule has 0 saturated carbocycles. The molecule has 106 valence electrons. The minimum Gasteiger partial charge on any atom is -0.343 e. The molecule has 0 atom stereocenters. The van der Waals surface area contributed by atoms with Gasteiger partial charge in [-0.2, -0.15) is 11.8 Å². The Bertz CT molecular complexity index is 228. The van der Waals surface area contributed by atoms with E-state index in [0.717, 1.165) is 50.6 Å². The minimum absolute atomic E-state index is 0.363. The van der Waals surface area contributed by atoms with Crippen molar-refractivity contribution in [3.8, 4) is 0 Å². The van der Waals surface area contributed by atoms with Crippen molar-refractivity contribution in [2.24, 2.45) is 5.92 Å². The van der Waals surface area contributed by atoms with Gasteiger partial charge >= 0.3 is 0 Å². The molecule has 0 aromatic carbocycles. The monoisotopic (exact) mass is 272 g/mol. The van der Waals surface area contributed by atoms with Gasteiger partial charge in [-0.1, -0.05) is 13.3 Å². The quantitative estimate of drug-likeness (QED) is 0.689. The highest BCUT2D eigenvalue weighted by Crippen LogP contribution is 2.17. The Hall–Kier alpha value is -0.220. The van der Waals surface area contributed by atoms with Crippen LogP contribution in [0.4, 0.5) is 0 Å². The Kier molecular flexibility index (Phi) is 8.51. The summed E-state index contributed by atoms with van der Waals surface area (Å²) in [7, 11) is 2.01. The van der Waals surface area contributed by atoms with Gasteiger partial charge in [0, 0.05) is 25.3 Å². The standard InChI is InChI=1S/C14H28N2OS/c1-3-4-10-18-11-7-14(17)16-8-5-13(6-9-16)12-15-2/h13,15H,3-12H2,1-2H3. The van der Waals surface area contributed by atoms with E-state index in [9.17, 15) is 4.79 Å². The molecule has 1 amide bonds. The number of hydrogen-bond donors (Lipinski definition) is 1. The Balaban J connectivity index is 2.08. The van der Waals surface area contributed by atoms with Gasteiger partial charge < -0.3 is 10.2 Å². The highest BCUT2D eigenvalue weighted by atomic mass is 32.2. The van der Waals surface area contributed by atoms with Gasteiger partial charge in [0.1, 0.15) is 0 Å². The molecular weight excluding hydrogens is 244 g/mol. The van der Waals surface area contributed by atoms with E-state index in [2.05, 4.69) is 17.1 Å². The second kappa shape index (κ2) is 9.68. The molecule has 0 spiro atoms. The van der Waals surface area contributed by atoms with Crippen LogP contribution in [-0.4, -0.2) is 49.0 Å². The molecule has 1 aliphatic heterocycles. The molecule has 0 unspecified atom stereocenters. The Morgan fingerprint density at radius 2 is 2.06 bits per heavy atom. The number of rotatable bonds is 8. The zero-order valence-corrected chi connectivity index (χ0v) is 12.7. The molecule has 1 saturated heterocycles. The molecule has 1 heterocycles. The highest BCUT2D eigenvalue weighted by Gasteiger charge is 2.21. The molecular formula is C14H28N2OS. The van der Waals surface area contributed by atoms with Gasteiger partial charge in [0.2, 0.25) is 5.91 Å². The van der Waals surface area contributed by atoms with Crippen molar-refractivity contribution in [2.45, 2.75) is 39.0 Å². The summed E-state index contributed by atoms with van der Waals surface area (Å²) in [6.45, 7) is 5.23. The van der Waals surface area contributed by atoms with Gasteiger partial charge in [0.25, 0.3) is 0 Å². The summed E-state index contributed by atoms with van der Waals surface area (Å²) in [4.78, 5) is 14.1. The first-order valence-electron chi connectivity index (χ1n) is 7.28. The second-order valence-electron chi connectivity index (χ2n) is 5.10. The van der Waals surface area contributed by atoms with E-state index in [-0.39, 0.29) is 0 Å². The van der Waals surface area contributed by atoms with E-state index in [1.165, 1.54) is 18.6 Å². The largest absolute Gasteiger partial charge is 0.343 e. The van der Waals surface area contributed by atoms with E-state index < -0.39 is 0 Å². The van der Waals surface area contributed by atoms with Gasteiger partial charge in [0.15, 0.2) is 0 Å². The normalized spacial score (nSPS) is 17.1. The molecule has 3 nitrogen and oxygen atoms in total. The molecule has 4 heteroatoms. The van der Waals surface area contributed by atoms with Gasteiger partial charge in [-0.15, -0.1) is 0 Å². The number of piperidine rings is 1. The van der Waals surface area contributed by atoms with Crippen LogP contribution in [0.25, 0.3) is 0 Å². The lowest BCUT2D eigenvalue weighted by molar-refractivity contribution is -0.132. The third kappa shape index (κ3) is 6.10. The number of nitrogens with one attached hydrogen (secondary N) is 1. The van der Waals surface area contributed by atoms with Gasteiger partial charge in [-0.3, -0.25) is 4.79 Å². The van der Waals surface area contributed by atoms with Crippen molar-refractivity contribution >= 4 is 17.7 Å². The van der Waals surface area contributed by atoms with Crippen molar-refractivity contribution in [2.75, 3.05) is 38.2 Å². The summed E-state index contributed by atoms with van der Waals surface area (Å²) < 4.78 is 0. The molecule has 1 fully saturated rings. The van der Waals surface area contributed by atoms with Crippen LogP contribution in [-0.2, 0) is 4.79 Å². The lowest BCUT2D eigenvalue weighted by atomic mass is 9.97. The Morgan fingerprint density at radius 3 is 2.67 bits per heavy atom. The van der Waals surface area contributed by atoms with Crippen LogP contribution < -0.4 is 5.32 Å². The first-order valence-corrected chi connectivity index (χ1v) is 8.43. The number of carbonyl (C=O) groups excluding carboxylic acids is 1. The predicted molar refractivity (Wildman–Crippen MR) is 80.1 cm³/mol. The Morgan fingerprint density at radius 1 is 1.33 bits per heavy atom. The van der Waals surface area contributed by atoms with E-state index >= 15 is 0 Å². The van der Waals surface area contributed by atoms with E-state index in [1.54, 1.807) is 0 Å². The van der Waals surface area contributed by atoms with Crippen molar-refractivity contribution in [3.05, 3.63) is 0 Å². The van der Waals surface area contributed by atoms with Crippen LogP contribution in [0.2, 0.25) is 0 Å². The predicted octanol–water partition coefficient (Wildman–Crippen LogP) is 2.37. The van der Waals surface area contributed by atoms with Gasteiger partial charge in [-0.05, 0) is 44.5 Å². The lowest BCUT2D eigenvalue weighted by Crippen LogP contribution is -2.40. The Labute approximate surface area is 116 Å². The number of amides is 1. The van der Waals surface area contributed by atoms with Crippen LogP contribution in [0.3, 0.4) is 0 Å². The van der Waals surface area contributed by atoms with E-state index in [1.807, 2.05) is 18.8 Å². The molecule has 0 bridgehead atoms. The number of thioether (sulfide) groups is 1. The summed E-state index contributed by atoms with van der Waals surface area (Å²) >= 11 is 1.92. The maximum atomic E-state index is 12.0. The minimum atomic E-state index is 0.363. The van der Waals surface area contributed by atoms with Crippen LogP contribution in [0, 0.1) is 5.92 Å². The molecule has 0 aliphatic carbocycles. The third-order valence-electron chi connectivity index (χ3n) is 3.56. The van der Waals surface area contributed by atoms with E-state index in [4.69, 9.17) is 0 Å². The van der Waals surface area contributed by atoms with Gasteiger partial charge in [-0.25, -0.2) is 0 Å². The number of hydrogen-bond acceptors (Lipinski definition) is 3. The lowest BCUT2D eigenvalue weighted by Gasteiger charge is -2.32. The first-order chi connectivity index (χ1) is 8.77. The molecule has 18 heavy (non-hydrogen) atoms. The molecule has 0 aromatic heterocycles. The zero-order chi connectivity index (χ0) is 13.2. The molecule has 0 radical (unpaired) electrons. The molecule has 0 aromatic rings. The van der Waals surface area contributed by atoms with Crippen LogP contribution >= 0.6 is 11.8 Å². The van der Waals surface area contributed by atoms with Crippen LogP contribution in [0.15, 0.2) is 0 Å². The number of unbranched alkanes of at least 4 members (excludes halogenated alkanes) is 1. The molecule has 1 aliphatic rings. The number of carbonyl (C=O) groups is 1. The fraction of sp³-hybridized carbons (Fsp3) is 0.929. The summed E-state index contributed by atoms with van der Waals surface area (Å²) in [6.07, 6.45) is 5.57.